The van der Waals surface area contributed by atoms with E-state index < -0.39 is 0 Å². The zero-order chi connectivity index (χ0) is 19.4. The van der Waals surface area contributed by atoms with Crippen molar-refractivity contribution in [2.45, 2.75) is 50.9 Å². The number of aromatic nitrogens is 3. The van der Waals surface area contributed by atoms with E-state index in [1.165, 1.54) is 6.42 Å². The molecule has 0 aliphatic heterocycles. The van der Waals surface area contributed by atoms with Crippen molar-refractivity contribution in [1.29, 1.82) is 0 Å². The molecule has 1 fully saturated rings. The van der Waals surface area contributed by atoms with Crippen molar-refractivity contribution in [2.75, 3.05) is 0 Å². The number of carbonyl (C=O) groups excluding carboxylic acids is 1. The van der Waals surface area contributed by atoms with Gasteiger partial charge in [0.2, 0.25) is 0 Å². The molecule has 1 aromatic heterocycles. The molecule has 7 heteroatoms. The van der Waals surface area contributed by atoms with Gasteiger partial charge in [0.05, 0.1) is 0 Å². The minimum absolute atomic E-state index is 0.161. The topological polar surface area (TPSA) is 72.2 Å². The Morgan fingerprint density at radius 3 is 2.74 bits per heavy atom. The predicted octanol–water partition coefficient (Wildman–Crippen LogP) is 4.04. The number of nitrogens with zero attached hydrogens (tertiary/aromatic N) is 4. The molecule has 0 spiro atoms. The minimum atomic E-state index is -0.161. The third-order valence-electron chi connectivity index (χ3n) is 4.74. The number of hydrazone groups is 1. The molecule has 6 nitrogen and oxygen atoms in total. The highest BCUT2D eigenvalue weighted by Gasteiger charge is 2.29. The highest BCUT2D eigenvalue weighted by atomic mass is 32.2. The molecule has 1 amide bonds. The van der Waals surface area contributed by atoms with Gasteiger partial charge in [-0.25, -0.2) is 5.43 Å². The molecule has 1 aliphatic carbocycles. The fraction of sp³-hybridized carbons (Fsp3) is 0.500. The highest BCUT2D eigenvalue weighted by molar-refractivity contribution is 7.98. The van der Waals surface area contributed by atoms with E-state index in [9.17, 15) is 4.79 Å². The van der Waals surface area contributed by atoms with Crippen LogP contribution < -0.4 is 5.43 Å². The van der Waals surface area contributed by atoms with Gasteiger partial charge in [0, 0.05) is 24.1 Å². The number of thioether (sulfide) groups is 1. The van der Waals surface area contributed by atoms with Crippen LogP contribution in [0.1, 0.15) is 56.0 Å². The number of hydrogen-bond acceptors (Lipinski definition) is 5. The lowest BCUT2D eigenvalue weighted by molar-refractivity contribution is 0.0954. The van der Waals surface area contributed by atoms with Crippen LogP contribution in [0.15, 0.2) is 40.9 Å². The third-order valence-corrected chi connectivity index (χ3v) is 5.84. The Hall–Kier alpha value is -2.15. The molecule has 1 aromatic carbocycles. The number of amides is 1. The SMILES string of the molecule is CC1C/C(=N\NC(=O)c2ccc(CSc3nncn3C)cc2)CC(C)(C)C1. The second-order valence-electron chi connectivity index (χ2n) is 8.18. The van der Waals surface area contributed by atoms with E-state index in [-0.39, 0.29) is 11.3 Å². The van der Waals surface area contributed by atoms with Gasteiger partial charge < -0.3 is 4.57 Å². The van der Waals surface area contributed by atoms with Crippen molar-refractivity contribution >= 4 is 23.4 Å². The van der Waals surface area contributed by atoms with E-state index in [1.807, 2.05) is 35.9 Å². The Bertz CT molecular complexity index is 825. The molecule has 3 rings (SSSR count). The van der Waals surface area contributed by atoms with Gasteiger partial charge >= 0.3 is 0 Å². The molecular formula is C20H27N5OS. The Balaban J connectivity index is 1.56. The second-order valence-corrected chi connectivity index (χ2v) is 9.13. The van der Waals surface area contributed by atoms with Gasteiger partial charge in [0.25, 0.3) is 5.91 Å². The molecule has 2 aromatic rings. The Morgan fingerprint density at radius 1 is 1.37 bits per heavy atom. The average molecular weight is 386 g/mol. The Morgan fingerprint density at radius 2 is 2.11 bits per heavy atom. The van der Waals surface area contributed by atoms with Gasteiger partial charge in [-0.15, -0.1) is 10.2 Å². The van der Waals surface area contributed by atoms with E-state index in [0.29, 0.717) is 11.5 Å². The van der Waals surface area contributed by atoms with Crippen LogP contribution in [-0.2, 0) is 12.8 Å². The lowest BCUT2D eigenvalue weighted by Crippen LogP contribution is -2.30. The molecular weight excluding hydrogens is 358 g/mol. The maximum absolute atomic E-state index is 12.4. The van der Waals surface area contributed by atoms with Gasteiger partial charge in [-0.2, -0.15) is 5.10 Å². The van der Waals surface area contributed by atoms with Crippen LogP contribution in [0.5, 0.6) is 0 Å². The summed E-state index contributed by atoms with van der Waals surface area (Å²) in [7, 11) is 1.92. The summed E-state index contributed by atoms with van der Waals surface area (Å²) in [5, 5.41) is 13.2. The molecule has 1 aliphatic rings. The van der Waals surface area contributed by atoms with Gasteiger partial charge in [0.1, 0.15) is 6.33 Å². The summed E-state index contributed by atoms with van der Waals surface area (Å²) in [6.07, 6.45) is 4.79. The smallest absolute Gasteiger partial charge is 0.271 e. The summed E-state index contributed by atoms with van der Waals surface area (Å²) < 4.78 is 1.89. The number of carbonyl (C=O) groups is 1. The van der Waals surface area contributed by atoms with Gasteiger partial charge in [-0.3, -0.25) is 4.79 Å². The van der Waals surface area contributed by atoms with Crippen molar-refractivity contribution in [3.8, 4) is 0 Å². The van der Waals surface area contributed by atoms with E-state index >= 15 is 0 Å². The maximum atomic E-state index is 12.4. The van der Waals surface area contributed by atoms with Gasteiger partial charge in [-0.05, 0) is 48.3 Å². The quantitative estimate of drug-likeness (QED) is 0.623. The van der Waals surface area contributed by atoms with Crippen molar-refractivity contribution in [3.63, 3.8) is 0 Å². The summed E-state index contributed by atoms with van der Waals surface area (Å²) in [5.41, 5.74) is 5.82. The van der Waals surface area contributed by atoms with E-state index in [2.05, 4.69) is 41.5 Å². The lowest BCUT2D eigenvalue weighted by atomic mass is 9.72. The first-order valence-electron chi connectivity index (χ1n) is 9.24. The summed E-state index contributed by atoms with van der Waals surface area (Å²) in [4.78, 5) is 12.4. The van der Waals surface area contributed by atoms with Crippen molar-refractivity contribution in [1.82, 2.24) is 20.2 Å². The Labute approximate surface area is 164 Å². The molecule has 144 valence electrons. The third kappa shape index (κ3) is 5.42. The largest absolute Gasteiger partial charge is 0.312 e. The van der Waals surface area contributed by atoms with E-state index in [1.54, 1.807) is 18.1 Å². The summed E-state index contributed by atoms with van der Waals surface area (Å²) in [6.45, 7) is 6.77. The molecule has 0 radical (unpaired) electrons. The average Bonchev–Trinajstić information content (AvgIpc) is 3.01. The van der Waals surface area contributed by atoms with Crippen LogP contribution in [0.25, 0.3) is 0 Å². The van der Waals surface area contributed by atoms with E-state index in [4.69, 9.17) is 0 Å². The summed E-state index contributed by atoms with van der Waals surface area (Å²) in [5.74, 6) is 1.23. The normalized spacial score (nSPS) is 20.6. The molecule has 1 atom stereocenters. The van der Waals surface area contributed by atoms with Crippen molar-refractivity contribution in [3.05, 3.63) is 41.7 Å². The Kier molecular flexibility index (Phi) is 5.99. The number of hydrogen-bond donors (Lipinski definition) is 1. The molecule has 0 saturated heterocycles. The van der Waals surface area contributed by atoms with Crippen LogP contribution >= 0.6 is 11.8 Å². The van der Waals surface area contributed by atoms with Crippen LogP contribution in [0.4, 0.5) is 0 Å². The number of benzene rings is 1. The molecule has 1 heterocycles. The molecule has 1 saturated carbocycles. The van der Waals surface area contributed by atoms with Crippen LogP contribution in [0, 0.1) is 11.3 Å². The monoisotopic (exact) mass is 385 g/mol. The first-order valence-corrected chi connectivity index (χ1v) is 10.2. The lowest BCUT2D eigenvalue weighted by Gasteiger charge is -2.34. The molecule has 27 heavy (non-hydrogen) atoms. The minimum Gasteiger partial charge on any atom is -0.312 e. The van der Waals surface area contributed by atoms with E-state index in [0.717, 1.165) is 35.0 Å². The number of aryl methyl sites for hydroxylation is 1. The maximum Gasteiger partial charge on any atom is 0.271 e. The van der Waals surface area contributed by atoms with Crippen molar-refractivity contribution in [2.24, 2.45) is 23.5 Å². The van der Waals surface area contributed by atoms with Crippen molar-refractivity contribution < 1.29 is 4.79 Å². The van der Waals surface area contributed by atoms with Crippen LogP contribution in [0.3, 0.4) is 0 Å². The zero-order valence-corrected chi connectivity index (χ0v) is 17.2. The standard InChI is InChI=1S/C20H27N5OS/c1-14-9-17(11-20(2,3)10-14)22-23-18(26)16-7-5-15(6-8-16)12-27-19-24-21-13-25(19)4/h5-8,13-14H,9-12H2,1-4H3,(H,23,26)/b22-17+. The predicted molar refractivity (Wildman–Crippen MR) is 109 cm³/mol. The first kappa shape index (κ1) is 19.6. The number of nitrogens with one attached hydrogen (secondary N) is 1. The molecule has 1 unspecified atom stereocenters. The first-order chi connectivity index (χ1) is 12.8. The fourth-order valence-electron chi connectivity index (χ4n) is 3.70. The summed E-state index contributed by atoms with van der Waals surface area (Å²) in [6, 6.07) is 7.62. The molecule has 1 N–H and O–H groups in total. The second kappa shape index (κ2) is 8.25. The van der Waals surface area contributed by atoms with Gasteiger partial charge in [-0.1, -0.05) is 44.7 Å². The van der Waals surface area contributed by atoms with Crippen LogP contribution in [0.2, 0.25) is 0 Å². The zero-order valence-electron chi connectivity index (χ0n) is 16.4. The number of rotatable bonds is 5. The van der Waals surface area contributed by atoms with Gasteiger partial charge in [0.15, 0.2) is 5.16 Å². The highest BCUT2D eigenvalue weighted by Crippen LogP contribution is 2.36. The summed E-state index contributed by atoms with van der Waals surface area (Å²) >= 11 is 1.62. The van der Waals surface area contributed by atoms with Crippen LogP contribution in [-0.4, -0.2) is 26.4 Å². The fourth-order valence-corrected chi connectivity index (χ4v) is 4.54. The molecule has 0 bridgehead atoms.